The van der Waals surface area contributed by atoms with Gasteiger partial charge in [0, 0.05) is 19.1 Å². The molecule has 0 aliphatic carbocycles. The summed E-state index contributed by atoms with van der Waals surface area (Å²) in [6.07, 6.45) is 0. The van der Waals surface area contributed by atoms with Crippen LogP contribution < -0.4 is 11.1 Å². The highest BCUT2D eigenvalue weighted by molar-refractivity contribution is 9.11. The zero-order valence-corrected chi connectivity index (χ0v) is 14.6. The highest BCUT2D eigenvalue weighted by Crippen LogP contribution is 2.34. The van der Waals surface area contributed by atoms with E-state index in [4.69, 9.17) is 5.73 Å². The summed E-state index contributed by atoms with van der Waals surface area (Å²) in [5.74, 6) is -1.21. The minimum Gasteiger partial charge on any atom is -0.399 e. The number of rotatable bonds is 2. The second-order valence-electron chi connectivity index (χ2n) is 3.94. The molecule has 1 amide bonds. The Kier molecular flexibility index (Phi) is 4.82. The van der Waals surface area contributed by atoms with Crippen molar-refractivity contribution in [2.45, 2.75) is 0 Å². The van der Waals surface area contributed by atoms with Crippen molar-refractivity contribution in [1.29, 1.82) is 0 Å². The van der Waals surface area contributed by atoms with Crippen molar-refractivity contribution < 1.29 is 9.18 Å². The molecule has 0 aromatic heterocycles. The van der Waals surface area contributed by atoms with E-state index in [2.05, 4.69) is 53.1 Å². The van der Waals surface area contributed by atoms with E-state index in [0.717, 1.165) is 10.5 Å². The quantitative estimate of drug-likeness (QED) is 0.615. The first-order valence-corrected chi connectivity index (χ1v) is 7.77. The predicted octanol–water partition coefficient (Wildman–Crippen LogP) is 4.95. The summed E-state index contributed by atoms with van der Waals surface area (Å²) >= 11 is 10.0. The SMILES string of the molecule is Nc1ccc(C(=O)Nc2c(Br)cc(Br)cc2Br)c(F)c1. The van der Waals surface area contributed by atoms with Gasteiger partial charge >= 0.3 is 0 Å². The maximum Gasteiger partial charge on any atom is 0.258 e. The van der Waals surface area contributed by atoms with Gasteiger partial charge in [-0.15, -0.1) is 0 Å². The second kappa shape index (κ2) is 6.24. The molecule has 2 aromatic carbocycles. The fraction of sp³-hybridized carbons (Fsp3) is 0. The van der Waals surface area contributed by atoms with E-state index in [9.17, 15) is 9.18 Å². The summed E-state index contributed by atoms with van der Waals surface area (Å²) in [5.41, 5.74) is 6.18. The summed E-state index contributed by atoms with van der Waals surface area (Å²) in [6.45, 7) is 0. The van der Waals surface area contributed by atoms with Crippen molar-refractivity contribution in [2.75, 3.05) is 11.1 Å². The molecule has 20 heavy (non-hydrogen) atoms. The third-order valence-electron chi connectivity index (χ3n) is 2.48. The molecule has 0 atom stereocenters. The number of nitrogen functional groups attached to an aromatic ring is 1. The minimum absolute atomic E-state index is 0.0686. The molecule has 0 unspecified atom stereocenters. The van der Waals surface area contributed by atoms with Crippen LogP contribution in [-0.4, -0.2) is 5.91 Å². The van der Waals surface area contributed by atoms with Gasteiger partial charge in [0.1, 0.15) is 5.82 Å². The van der Waals surface area contributed by atoms with Gasteiger partial charge in [0.05, 0.1) is 11.3 Å². The maximum atomic E-state index is 13.7. The molecular weight excluding hydrogens is 459 g/mol. The number of carbonyl (C=O) groups is 1. The topological polar surface area (TPSA) is 55.1 Å². The Morgan fingerprint density at radius 2 is 1.70 bits per heavy atom. The lowest BCUT2D eigenvalue weighted by atomic mass is 10.1. The van der Waals surface area contributed by atoms with Gasteiger partial charge in [0.15, 0.2) is 0 Å². The molecule has 0 spiro atoms. The molecule has 0 aliphatic heterocycles. The zero-order chi connectivity index (χ0) is 14.9. The van der Waals surface area contributed by atoms with Crippen LogP contribution >= 0.6 is 47.8 Å². The predicted molar refractivity (Wildman–Crippen MR) is 88.3 cm³/mol. The number of halogens is 4. The van der Waals surface area contributed by atoms with Gasteiger partial charge in [0.25, 0.3) is 5.91 Å². The molecule has 104 valence electrons. The highest BCUT2D eigenvalue weighted by Gasteiger charge is 2.15. The molecule has 2 aromatic rings. The molecule has 0 saturated carbocycles. The lowest BCUT2D eigenvalue weighted by Crippen LogP contribution is -2.14. The number of hydrogen-bond acceptors (Lipinski definition) is 2. The van der Waals surface area contributed by atoms with Crippen LogP contribution in [-0.2, 0) is 0 Å². The summed E-state index contributed by atoms with van der Waals surface area (Å²) in [6, 6.07) is 7.49. The number of amides is 1. The minimum atomic E-state index is -0.660. The van der Waals surface area contributed by atoms with E-state index in [1.165, 1.54) is 12.1 Å². The average molecular weight is 467 g/mol. The van der Waals surface area contributed by atoms with Gasteiger partial charge in [-0.2, -0.15) is 0 Å². The Balaban J connectivity index is 2.33. The van der Waals surface area contributed by atoms with Crippen molar-refractivity contribution in [3.05, 3.63) is 55.1 Å². The molecule has 0 aliphatic rings. The fourth-order valence-corrected chi connectivity index (χ4v) is 4.01. The number of nitrogens with one attached hydrogen (secondary N) is 1. The normalized spacial score (nSPS) is 10.4. The van der Waals surface area contributed by atoms with E-state index in [-0.39, 0.29) is 11.3 Å². The molecule has 0 bridgehead atoms. The van der Waals surface area contributed by atoms with E-state index in [0.29, 0.717) is 14.6 Å². The van der Waals surface area contributed by atoms with Crippen LogP contribution in [0, 0.1) is 5.82 Å². The standard InChI is InChI=1S/C13H8Br3FN2O/c14-6-3-9(15)12(10(16)4-6)19-13(20)8-2-1-7(18)5-11(8)17/h1-5H,18H2,(H,19,20). The summed E-state index contributed by atoms with van der Waals surface area (Å²) in [5, 5.41) is 2.65. The van der Waals surface area contributed by atoms with Gasteiger partial charge in [-0.3, -0.25) is 4.79 Å². The van der Waals surface area contributed by atoms with Crippen LogP contribution in [0.25, 0.3) is 0 Å². The van der Waals surface area contributed by atoms with Crippen LogP contribution in [0.1, 0.15) is 10.4 Å². The van der Waals surface area contributed by atoms with Crippen LogP contribution in [0.2, 0.25) is 0 Å². The lowest BCUT2D eigenvalue weighted by molar-refractivity contribution is 0.102. The Morgan fingerprint density at radius 3 is 2.25 bits per heavy atom. The molecule has 3 nitrogen and oxygen atoms in total. The number of nitrogens with two attached hydrogens (primary N) is 1. The molecular formula is C13H8Br3FN2O. The molecule has 7 heteroatoms. The van der Waals surface area contributed by atoms with Crippen LogP contribution in [0.15, 0.2) is 43.7 Å². The van der Waals surface area contributed by atoms with Gasteiger partial charge in [-0.05, 0) is 62.2 Å². The molecule has 0 fully saturated rings. The third-order valence-corrected chi connectivity index (χ3v) is 4.19. The Hall–Kier alpha value is -0.920. The first-order chi connectivity index (χ1) is 9.38. The maximum absolute atomic E-state index is 13.7. The second-order valence-corrected chi connectivity index (χ2v) is 6.56. The van der Waals surface area contributed by atoms with E-state index >= 15 is 0 Å². The monoisotopic (exact) mass is 464 g/mol. The first kappa shape index (κ1) is 15.5. The Bertz CT molecular complexity index is 668. The van der Waals surface area contributed by atoms with E-state index < -0.39 is 11.7 Å². The van der Waals surface area contributed by atoms with E-state index in [1.807, 2.05) is 0 Å². The van der Waals surface area contributed by atoms with Crippen molar-refractivity contribution in [1.82, 2.24) is 0 Å². The van der Waals surface area contributed by atoms with Crippen LogP contribution in [0.3, 0.4) is 0 Å². The lowest BCUT2D eigenvalue weighted by Gasteiger charge is -2.11. The number of anilines is 2. The van der Waals surface area contributed by atoms with Crippen molar-refractivity contribution in [2.24, 2.45) is 0 Å². The number of benzene rings is 2. The fourth-order valence-electron chi connectivity index (χ4n) is 1.56. The van der Waals surface area contributed by atoms with Crippen molar-refractivity contribution >= 4 is 65.1 Å². The third kappa shape index (κ3) is 3.39. The summed E-state index contributed by atoms with van der Waals surface area (Å²) in [7, 11) is 0. The smallest absolute Gasteiger partial charge is 0.258 e. The highest BCUT2D eigenvalue weighted by atomic mass is 79.9. The Labute approximate surface area is 140 Å². The first-order valence-electron chi connectivity index (χ1n) is 5.39. The van der Waals surface area contributed by atoms with E-state index in [1.54, 1.807) is 12.1 Å². The van der Waals surface area contributed by atoms with Gasteiger partial charge in [0.2, 0.25) is 0 Å². The molecule has 0 radical (unpaired) electrons. The Morgan fingerprint density at radius 1 is 1.10 bits per heavy atom. The average Bonchev–Trinajstić information content (AvgIpc) is 2.33. The van der Waals surface area contributed by atoms with Crippen molar-refractivity contribution in [3.8, 4) is 0 Å². The van der Waals surface area contributed by atoms with Crippen LogP contribution in [0.5, 0.6) is 0 Å². The van der Waals surface area contributed by atoms with Crippen molar-refractivity contribution in [3.63, 3.8) is 0 Å². The molecule has 3 N–H and O–H groups in total. The number of hydrogen-bond donors (Lipinski definition) is 2. The summed E-state index contributed by atoms with van der Waals surface area (Å²) < 4.78 is 15.9. The number of carbonyl (C=O) groups excluding carboxylic acids is 1. The van der Waals surface area contributed by atoms with Gasteiger partial charge < -0.3 is 11.1 Å². The zero-order valence-electron chi connectivity index (χ0n) is 9.88. The van der Waals surface area contributed by atoms with Gasteiger partial charge in [-0.25, -0.2) is 4.39 Å². The summed E-state index contributed by atoms with van der Waals surface area (Å²) in [4.78, 5) is 12.1. The molecule has 0 saturated heterocycles. The van der Waals surface area contributed by atoms with Crippen LogP contribution in [0.4, 0.5) is 15.8 Å². The molecule has 2 rings (SSSR count). The molecule has 0 heterocycles. The van der Waals surface area contributed by atoms with Gasteiger partial charge in [-0.1, -0.05) is 15.9 Å². The largest absolute Gasteiger partial charge is 0.399 e.